The topological polar surface area (TPSA) is 55.1 Å². The molecule has 1 amide bonds. The molecule has 1 aliphatic rings. The Bertz CT molecular complexity index is 419. The first-order valence-electron chi connectivity index (χ1n) is 5.63. The zero-order valence-electron chi connectivity index (χ0n) is 9.30. The Morgan fingerprint density at radius 3 is 2.29 bits per heavy atom. The molecule has 0 bridgehead atoms. The molecule has 3 nitrogen and oxygen atoms in total. The molecule has 0 spiro atoms. The zero-order valence-corrected chi connectivity index (χ0v) is 10.8. The van der Waals surface area contributed by atoms with Gasteiger partial charge in [-0.05, 0) is 25.0 Å². The summed E-state index contributed by atoms with van der Waals surface area (Å²) in [4.78, 5) is 11.9. The lowest BCUT2D eigenvalue weighted by molar-refractivity contribution is -0.119. The molecule has 1 aliphatic carbocycles. The Kier molecular flexibility index (Phi) is 3.79. The fourth-order valence-electron chi connectivity index (χ4n) is 2.13. The van der Waals surface area contributed by atoms with Crippen LogP contribution in [0.2, 0.25) is 10.0 Å². The SMILES string of the molecule is Nc1cc(Cl)c(NC(=O)C2CCCC2)c(Cl)c1. The van der Waals surface area contributed by atoms with Crippen LogP contribution in [0.15, 0.2) is 12.1 Å². The number of halogens is 2. The van der Waals surface area contributed by atoms with E-state index < -0.39 is 0 Å². The molecule has 0 aliphatic heterocycles. The van der Waals surface area contributed by atoms with Gasteiger partial charge in [0.2, 0.25) is 5.91 Å². The Morgan fingerprint density at radius 1 is 1.24 bits per heavy atom. The number of carbonyl (C=O) groups excluding carboxylic acids is 1. The monoisotopic (exact) mass is 272 g/mol. The predicted octanol–water partition coefficient (Wildman–Crippen LogP) is 3.70. The quantitative estimate of drug-likeness (QED) is 0.807. The summed E-state index contributed by atoms with van der Waals surface area (Å²) in [7, 11) is 0. The summed E-state index contributed by atoms with van der Waals surface area (Å²) in [6, 6.07) is 3.16. The van der Waals surface area contributed by atoms with Gasteiger partial charge in [-0.15, -0.1) is 0 Å². The fraction of sp³-hybridized carbons (Fsp3) is 0.417. The van der Waals surface area contributed by atoms with Crippen molar-refractivity contribution >= 4 is 40.5 Å². The van der Waals surface area contributed by atoms with Gasteiger partial charge < -0.3 is 11.1 Å². The molecule has 0 atom stereocenters. The Hall–Kier alpha value is -0.930. The standard InChI is InChI=1S/C12H14Cl2N2O/c13-9-5-8(15)6-10(14)11(9)16-12(17)7-3-1-2-4-7/h5-7H,1-4,15H2,(H,16,17). The highest BCUT2D eigenvalue weighted by Gasteiger charge is 2.23. The highest BCUT2D eigenvalue weighted by Crippen LogP contribution is 2.34. The Balaban J connectivity index is 2.15. The van der Waals surface area contributed by atoms with Gasteiger partial charge in [0.15, 0.2) is 0 Å². The average Bonchev–Trinajstić information content (AvgIpc) is 2.76. The van der Waals surface area contributed by atoms with Crippen molar-refractivity contribution in [3.05, 3.63) is 22.2 Å². The molecule has 92 valence electrons. The van der Waals surface area contributed by atoms with Crippen molar-refractivity contribution in [3.63, 3.8) is 0 Å². The van der Waals surface area contributed by atoms with Gasteiger partial charge in [0.1, 0.15) is 0 Å². The molecular weight excluding hydrogens is 259 g/mol. The van der Waals surface area contributed by atoms with E-state index in [0.717, 1.165) is 25.7 Å². The molecule has 3 N–H and O–H groups in total. The van der Waals surface area contributed by atoms with Gasteiger partial charge in [0, 0.05) is 11.6 Å². The summed E-state index contributed by atoms with van der Waals surface area (Å²) in [5, 5.41) is 3.54. The van der Waals surface area contributed by atoms with Crippen LogP contribution in [0.4, 0.5) is 11.4 Å². The van der Waals surface area contributed by atoms with Crippen LogP contribution < -0.4 is 11.1 Å². The van der Waals surface area contributed by atoms with Crippen LogP contribution in [-0.4, -0.2) is 5.91 Å². The minimum Gasteiger partial charge on any atom is -0.399 e. The first-order chi connectivity index (χ1) is 8.08. The molecular formula is C12H14Cl2N2O. The van der Waals surface area contributed by atoms with E-state index in [0.29, 0.717) is 21.4 Å². The van der Waals surface area contributed by atoms with E-state index in [9.17, 15) is 4.79 Å². The first kappa shape index (κ1) is 12.5. The van der Waals surface area contributed by atoms with Crippen LogP contribution in [0.25, 0.3) is 0 Å². The summed E-state index contributed by atoms with van der Waals surface area (Å²) < 4.78 is 0. The molecule has 1 aromatic rings. The number of hydrogen-bond acceptors (Lipinski definition) is 2. The molecule has 1 fully saturated rings. The summed E-state index contributed by atoms with van der Waals surface area (Å²) in [6.07, 6.45) is 4.11. The van der Waals surface area contributed by atoms with E-state index >= 15 is 0 Å². The van der Waals surface area contributed by atoms with Crippen LogP contribution >= 0.6 is 23.2 Å². The van der Waals surface area contributed by atoms with E-state index in [4.69, 9.17) is 28.9 Å². The minimum atomic E-state index is -0.00364. The third kappa shape index (κ3) is 2.85. The zero-order chi connectivity index (χ0) is 12.4. The van der Waals surface area contributed by atoms with Crippen molar-refractivity contribution in [2.75, 3.05) is 11.1 Å². The number of anilines is 2. The van der Waals surface area contributed by atoms with Crippen molar-refractivity contribution in [2.45, 2.75) is 25.7 Å². The van der Waals surface area contributed by atoms with Gasteiger partial charge in [-0.1, -0.05) is 36.0 Å². The van der Waals surface area contributed by atoms with E-state index in [2.05, 4.69) is 5.32 Å². The fourth-order valence-corrected chi connectivity index (χ4v) is 2.72. The largest absolute Gasteiger partial charge is 0.399 e. The first-order valence-corrected chi connectivity index (χ1v) is 6.39. The molecule has 0 heterocycles. The lowest BCUT2D eigenvalue weighted by atomic mass is 10.1. The maximum absolute atomic E-state index is 11.9. The third-order valence-electron chi connectivity index (χ3n) is 3.04. The normalized spacial score (nSPS) is 16.1. The van der Waals surface area contributed by atoms with Crippen molar-refractivity contribution in [1.29, 1.82) is 0 Å². The van der Waals surface area contributed by atoms with Gasteiger partial charge in [-0.2, -0.15) is 0 Å². The van der Waals surface area contributed by atoms with Crippen LogP contribution in [0.5, 0.6) is 0 Å². The molecule has 0 unspecified atom stereocenters. The average molecular weight is 273 g/mol. The van der Waals surface area contributed by atoms with Crippen LogP contribution in [-0.2, 0) is 4.79 Å². The lowest BCUT2D eigenvalue weighted by Gasteiger charge is -2.13. The van der Waals surface area contributed by atoms with Crippen LogP contribution in [0, 0.1) is 5.92 Å². The molecule has 17 heavy (non-hydrogen) atoms. The number of nitrogens with one attached hydrogen (secondary N) is 1. The second kappa shape index (κ2) is 5.15. The second-order valence-corrected chi connectivity index (χ2v) is 5.14. The molecule has 0 aromatic heterocycles. The highest BCUT2D eigenvalue weighted by atomic mass is 35.5. The second-order valence-electron chi connectivity index (χ2n) is 4.33. The number of nitrogen functional groups attached to an aromatic ring is 1. The number of nitrogens with two attached hydrogens (primary N) is 1. The molecule has 5 heteroatoms. The Labute approximate surface area is 110 Å². The van der Waals surface area contributed by atoms with Crippen LogP contribution in [0.1, 0.15) is 25.7 Å². The predicted molar refractivity (Wildman–Crippen MR) is 71.5 cm³/mol. The highest BCUT2D eigenvalue weighted by molar-refractivity contribution is 6.40. The summed E-state index contributed by atoms with van der Waals surface area (Å²) >= 11 is 12.0. The van der Waals surface area contributed by atoms with E-state index in [1.165, 1.54) is 0 Å². The molecule has 1 aromatic carbocycles. The van der Waals surface area contributed by atoms with Gasteiger partial charge in [-0.25, -0.2) is 0 Å². The Morgan fingerprint density at radius 2 is 1.76 bits per heavy atom. The van der Waals surface area contributed by atoms with E-state index in [1.807, 2.05) is 0 Å². The molecule has 0 radical (unpaired) electrons. The number of rotatable bonds is 2. The molecule has 1 saturated carbocycles. The summed E-state index contributed by atoms with van der Waals surface area (Å²) in [5.41, 5.74) is 6.54. The maximum atomic E-state index is 11.9. The molecule has 2 rings (SSSR count). The van der Waals surface area contributed by atoms with Crippen molar-refractivity contribution in [3.8, 4) is 0 Å². The van der Waals surface area contributed by atoms with Crippen LogP contribution in [0.3, 0.4) is 0 Å². The summed E-state index contributed by atoms with van der Waals surface area (Å²) in [5.74, 6) is 0.0794. The molecule has 0 saturated heterocycles. The lowest BCUT2D eigenvalue weighted by Crippen LogP contribution is -2.20. The van der Waals surface area contributed by atoms with Gasteiger partial charge >= 0.3 is 0 Å². The minimum absolute atomic E-state index is 0.00364. The third-order valence-corrected chi connectivity index (χ3v) is 3.63. The maximum Gasteiger partial charge on any atom is 0.227 e. The van der Waals surface area contributed by atoms with Crippen molar-refractivity contribution in [1.82, 2.24) is 0 Å². The smallest absolute Gasteiger partial charge is 0.227 e. The van der Waals surface area contributed by atoms with Gasteiger partial charge in [0.05, 0.1) is 15.7 Å². The number of carbonyl (C=O) groups is 1. The van der Waals surface area contributed by atoms with Gasteiger partial charge in [-0.3, -0.25) is 4.79 Å². The van der Waals surface area contributed by atoms with E-state index in [-0.39, 0.29) is 11.8 Å². The number of hydrogen-bond donors (Lipinski definition) is 2. The number of amides is 1. The van der Waals surface area contributed by atoms with E-state index in [1.54, 1.807) is 12.1 Å². The summed E-state index contributed by atoms with van der Waals surface area (Å²) in [6.45, 7) is 0. The van der Waals surface area contributed by atoms with Crippen molar-refractivity contribution < 1.29 is 4.79 Å². The van der Waals surface area contributed by atoms with Crippen molar-refractivity contribution in [2.24, 2.45) is 5.92 Å². The number of benzene rings is 1. The van der Waals surface area contributed by atoms with Gasteiger partial charge in [0.25, 0.3) is 0 Å².